The molecule has 0 radical (unpaired) electrons. The highest BCUT2D eigenvalue weighted by Crippen LogP contribution is 2.50. The van der Waals surface area contributed by atoms with Crippen molar-refractivity contribution in [1.82, 2.24) is 0 Å². The van der Waals surface area contributed by atoms with Crippen LogP contribution in [0.25, 0.3) is 0 Å². The van der Waals surface area contributed by atoms with E-state index >= 15 is 0 Å². The highest BCUT2D eigenvalue weighted by molar-refractivity contribution is 4.90. The molecule has 0 nitrogen and oxygen atoms in total. The lowest BCUT2D eigenvalue weighted by molar-refractivity contribution is -0.306. The molecule has 0 aromatic heterocycles. The van der Waals surface area contributed by atoms with E-state index in [9.17, 15) is 22.0 Å². The van der Waals surface area contributed by atoms with Gasteiger partial charge < -0.3 is 0 Å². The van der Waals surface area contributed by atoms with E-state index in [1.54, 1.807) is 0 Å². The third-order valence-corrected chi connectivity index (χ3v) is 5.92. The predicted octanol–water partition coefficient (Wildman–Crippen LogP) is 6.60. The molecule has 2 rings (SSSR count). The average Bonchev–Trinajstić information content (AvgIpc) is 2.47. The lowest BCUT2D eigenvalue weighted by Crippen LogP contribution is -2.45. The van der Waals surface area contributed by atoms with Crippen LogP contribution in [0.1, 0.15) is 71.1 Å². The molecule has 130 valence electrons. The van der Waals surface area contributed by atoms with Crippen LogP contribution in [-0.2, 0) is 0 Å². The first-order valence-electron chi connectivity index (χ1n) is 8.70. The molecular formula is C17H27F5. The molecule has 0 N–H and O–H groups in total. The molecule has 0 aromatic rings. The van der Waals surface area contributed by atoms with E-state index in [4.69, 9.17) is 0 Å². The Balaban J connectivity index is 1.81. The van der Waals surface area contributed by atoms with Crippen molar-refractivity contribution in [2.45, 2.75) is 83.2 Å². The standard InChI is InChI=1S/C17H27F5/c1-2-3-12-4-6-13(7-5-12)14-8-10-15(11-9-14)16(18,19)17(20,21)22/h12-15H,2-11H2,1H3/t12-,13-,14-,15-. The Hall–Kier alpha value is -0.350. The molecular weight excluding hydrogens is 299 g/mol. The van der Waals surface area contributed by atoms with Gasteiger partial charge in [-0.15, -0.1) is 0 Å². The molecule has 0 atom stereocenters. The molecule has 0 saturated heterocycles. The fraction of sp³-hybridized carbons (Fsp3) is 1.00. The summed E-state index contributed by atoms with van der Waals surface area (Å²) in [6.07, 6.45) is 2.86. The number of alkyl halides is 5. The third-order valence-electron chi connectivity index (χ3n) is 5.92. The fourth-order valence-electron chi connectivity index (χ4n) is 4.54. The maximum Gasteiger partial charge on any atom is 0.453 e. The first-order chi connectivity index (χ1) is 10.3. The minimum atomic E-state index is -5.40. The van der Waals surface area contributed by atoms with Crippen LogP contribution in [0.15, 0.2) is 0 Å². The molecule has 5 heteroatoms. The minimum Gasteiger partial charge on any atom is -0.196 e. The van der Waals surface area contributed by atoms with Crippen molar-refractivity contribution >= 4 is 0 Å². The Bertz CT molecular complexity index is 333. The van der Waals surface area contributed by atoms with E-state index in [0.29, 0.717) is 24.7 Å². The Kier molecular flexibility index (Phi) is 5.76. The van der Waals surface area contributed by atoms with Crippen LogP contribution < -0.4 is 0 Å². The van der Waals surface area contributed by atoms with Gasteiger partial charge in [-0.05, 0) is 56.3 Å². The van der Waals surface area contributed by atoms with Gasteiger partial charge in [0.1, 0.15) is 0 Å². The van der Waals surface area contributed by atoms with Gasteiger partial charge in [-0.2, -0.15) is 22.0 Å². The van der Waals surface area contributed by atoms with Crippen molar-refractivity contribution in [1.29, 1.82) is 0 Å². The van der Waals surface area contributed by atoms with Crippen LogP contribution in [-0.4, -0.2) is 12.1 Å². The summed E-state index contributed by atoms with van der Waals surface area (Å²) in [5.74, 6) is -4.32. The van der Waals surface area contributed by atoms with E-state index in [-0.39, 0.29) is 12.8 Å². The summed E-state index contributed by atoms with van der Waals surface area (Å²) in [6, 6.07) is 0. The van der Waals surface area contributed by atoms with Gasteiger partial charge in [0.25, 0.3) is 0 Å². The van der Waals surface area contributed by atoms with Gasteiger partial charge in [0.15, 0.2) is 0 Å². The maximum atomic E-state index is 13.4. The van der Waals surface area contributed by atoms with Gasteiger partial charge >= 0.3 is 12.1 Å². The lowest BCUT2D eigenvalue weighted by Gasteiger charge is -2.39. The summed E-state index contributed by atoms with van der Waals surface area (Å²) in [6.45, 7) is 2.19. The van der Waals surface area contributed by atoms with Crippen molar-refractivity contribution < 1.29 is 22.0 Å². The molecule has 2 aliphatic carbocycles. The molecule has 0 bridgehead atoms. The monoisotopic (exact) mass is 326 g/mol. The minimum absolute atomic E-state index is 0.0199. The number of halogens is 5. The summed E-state index contributed by atoms with van der Waals surface area (Å²) < 4.78 is 64.1. The van der Waals surface area contributed by atoms with Crippen LogP contribution in [0.3, 0.4) is 0 Å². The second kappa shape index (κ2) is 7.04. The zero-order valence-electron chi connectivity index (χ0n) is 13.3. The first kappa shape index (κ1) is 18.0. The van der Waals surface area contributed by atoms with E-state index < -0.39 is 18.0 Å². The second-order valence-corrected chi connectivity index (χ2v) is 7.30. The van der Waals surface area contributed by atoms with Crippen LogP contribution >= 0.6 is 0 Å². The summed E-state index contributed by atoms with van der Waals surface area (Å²) in [4.78, 5) is 0. The first-order valence-corrected chi connectivity index (χ1v) is 8.70. The average molecular weight is 326 g/mol. The van der Waals surface area contributed by atoms with E-state index in [1.807, 2.05) is 0 Å². The molecule has 0 aliphatic heterocycles. The van der Waals surface area contributed by atoms with Gasteiger partial charge in [0, 0.05) is 5.92 Å². The molecule has 0 spiro atoms. The van der Waals surface area contributed by atoms with Gasteiger partial charge in [-0.25, -0.2) is 0 Å². The molecule has 2 fully saturated rings. The normalized spacial score (nSPS) is 34.6. The molecule has 0 unspecified atom stereocenters. The fourth-order valence-corrected chi connectivity index (χ4v) is 4.54. The van der Waals surface area contributed by atoms with Crippen molar-refractivity contribution in [2.75, 3.05) is 0 Å². The Morgan fingerprint density at radius 2 is 1.18 bits per heavy atom. The molecule has 2 aliphatic rings. The zero-order chi connectivity index (χ0) is 16.4. The van der Waals surface area contributed by atoms with E-state index in [0.717, 1.165) is 18.8 Å². The van der Waals surface area contributed by atoms with Crippen molar-refractivity contribution in [3.05, 3.63) is 0 Å². The van der Waals surface area contributed by atoms with Gasteiger partial charge in [-0.3, -0.25) is 0 Å². The highest BCUT2D eigenvalue weighted by atomic mass is 19.4. The number of hydrogen-bond acceptors (Lipinski definition) is 0. The van der Waals surface area contributed by atoms with Crippen LogP contribution in [0.4, 0.5) is 22.0 Å². The lowest BCUT2D eigenvalue weighted by atomic mass is 9.68. The second-order valence-electron chi connectivity index (χ2n) is 7.30. The largest absolute Gasteiger partial charge is 0.453 e. The van der Waals surface area contributed by atoms with Gasteiger partial charge in [-0.1, -0.05) is 32.6 Å². The Labute approximate surface area is 129 Å². The molecule has 0 heterocycles. The maximum absolute atomic E-state index is 13.4. The topological polar surface area (TPSA) is 0 Å². The van der Waals surface area contributed by atoms with Gasteiger partial charge in [0.05, 0.1) is 0 Å². The molecule has 0 amide bonds. The van der Waals surface area contributed by atoms with Crippen molar-refractivity contribution in [3.8, 4) is 0 Å². The molecule has 0 aromatic carbocycles. The number of hydrogen-bond donors (Lipinski definition) is 0. The Morgan fingerprint density at radius 3 is 1.59 bits per heavy atom. The van der Waals surface area contributed by atoms with E-state index in [2.05, 4.69) is 6.92 Å². The Morgan fingerprint density at radius 1 is 0.727 bits per heavy atom. The quantitative estimate of drug-likeness (QED) is 0.511. The van der Waals surface area contributed by atoms with Gasteiger partial charge in [0.2, 0.25) is 0 Å². The smallest absolute Gasteiger partial charge is 0.196 e. The SMILES string of the molecule is CCC[C@H]1CC[C@H]([C@H]2CC[C@H](C(F)(F)C(F)(F)F)CC2)CC1. The summed E-state index contributed by atoms with van der Waals surface area (Å²) in [7, 11) is 0. The highest BCUT2D eigenvalue weighted by Gasteiger charge is 2.62. The van der Waals surface area contributed by atoms with Crippen molar-refractivity contribution in [2.24, 2.45) is 23.7 Å². The van der Waals surface area contributed by atoms with Crippen LogP contribution in [0, 0.1) is 23.7 Å². The zero-order valence-corrected chi connectivity index (χ0v) is 13.3. The molecule has 2 saturated carbocycles. The predicted molar refractivity (Wildman–Crippen MR) is 76.8 cm³/mol. The summed E-state index contributed by atoms with van der Waals surface area (Å²) >= 11 is 0. The summed E-state index contributed by atoms with van der Waals surface area (Å²) in [5.41, 5.74) is 0. The third kappa shape index (κ3) is 3.94. The van der Waals surface area contributed by atoms with Crippen LogP contribution in [0.2, 0.25) is 0 Å². The van der Waals surface area contributed by atoms with Crippen molar-refractivity contribution in [3.63, 3.8) is 0 Å². The molecule has 22 heavy (non-hydrogen) atoms. The van der Waals surface area contributed by atoms with E-state index in [1.165, 1.54) is 25.7 Å². The van der Waals surface area contributed by atoms with Crippen LogP contribution in [0.5, 0.6) is 0 Å². The summed E-state index contributed by atoms with van der Waals surface area (Å²) in [5, 5.41) is 0. The number of rotatable bonds is 4.